The first kappa shape index (κ1) is 15.4. The molecule has 8 heteroatoms. The quantitative estimate of drug-likeness (QED) is 0.597. The van der Waals surface area contributed by atoms with Crippen molar-refractivity contribution in [1.82, 2.24) is 15.1 Å². The average molecular weight is 296 g/mol. The highest BCUT2D eigenvalue weighted by atomic mass is 16.6. The molecular weight excluding hydrogens is 276 g/mol. The van der Waals surface area contributed by atoms with Gasteiger partial charge < -0.3 is 10.4 Å². The van der Waals surface area contributed by atoms with Crippen LogP contribution in [-0.4, -0.2) is 38.9 Å². The molecule has 1 aliphatic carbocycles. The standard InChI is InChI=1S/C13H20N4O4/c18-10-13(4-2-1-3-5-13)9-14-12(19)8-16-7-11(6-15-16)17(20)21/h6-7,18H,1-5,8-10H2,(H,14,19). The summed E-state index contributed by atoms with van der Waals surface area (Å²) in [5.41, 5.74) is -0.355. The van der Waals surface area contributed by atoms with Crippen LogP contribution in [0.25, 0.3) is 0 Å². The van der Waals surface area contributed by atoms with Crippen molar-refractivity contribution >= 4 is 11.6 Å². The zero-order valence-electron chi connectivity index (χ0n) is 11.8. The number of carbonyl (C=O) groups is 1. The topological polar surface area (TPSA) is 110 Å². The molecule has 1 fully saturated rings. The number of amides is 1. The van der Waals surface area contributed by atoms with Gasteiger partial charge in [0.2, 0.25) is 5.91 Å². The van der Waals surface area contributed by atoms with Crippen molar-refractivity contribution in [2.45, 2.75) is 38.6 Å². The summed E-state index contributed by atoms with van der Waals surface area (Å²) in [6.07, 6.45) is 7.48. The second-order valence-corrected chi connectivity index (χ2v) is 5.65. The third-order valence-corrected chi connectivity index (χ3v) is 4.05. The van der Waals surface area contributed by atoms with Crippen LogP contribution in [0.15, 0.2) is 12.4 Å². The van der Waals surface area contributed by atoms with Crippen LogP contribution in [0.2, 0.25) is 0 Å². The monoisotopic (exact) mass is 296 g/mol. The first-order valence-electron chi connectivity index (χ1n) is 7.09. The maximum Gasteiger partial charge on any atom is 0.307 e. The van der Waals surface area contributed by atoms with Crippen LogP contribution in [0.1, 0.15) is 32.1 Å². The SMILES string of the molecule is O=C(Cn1cc([N+](=O)[O-])cn1)NCC1(CO)CCCCC1. The van der Waals surface area contributed by atoms with E-state index in [0.29, 0.717) is 6.54 Å². The molecule has 0 spiro atoms. The summed E-state index contributed by atoms with van der Waals surface area (Å²) in [7, 11) is 0. The molecule has 1 heterocycles. The maximum atomic E-state index is 11.9. The van der Waals surface area contributed by atoms with Gasteiger partial charge in [-0.05, 0) is 12.8 Å². The average Bonchev–Trinajstić information content (AvgIpc) is 2.95. The number of aromatic nitrogens is 2. The number of aliphatic hydroxyl groups excluding tert-OH is 1. The Morgan fingerprint density at radius 3 is 2.76 bits per heavy atom. The Hall–Kier alpha value is -1.96. The summed E-state index contributed by atoms with van der Waals surface area (Å²) in [6.45, 7) is 0.446. The Morgan fingerprint density at radius 1 is 1.48 bits per heavy atom. The molecule has 116 valence electrons. The van der Waals surface area contributed by atoms with Crippen molar-refractivity contribution < 1.29 is 14.8 Å². The minimum absolute atomic E-state index is 0.0602. The number of nitrogens with zero attached hydrogens (tertiary/aromatic N) is 3. The van der Waals surface area contributed by atoms with Crippen molar-refractivity contribution in [2.24, 2.45) is 5.41 Å². The van der Waals surface area contributed by atoms with Crippen molar-refractivity contribution in [3.8, 4) is 0 Å². The molecule has 1 saturated carbocycles. The molecule has 0 unspecified atom stereocenters. The van der Waals surface area contributed by atoms with Gasteiger partial charge >= 0.3 is 5.69 Å². The Kier molecular flexibility index (Phi) is 4.89. The summed E-state index contributed by atoms with van der Waals surface area (Å²) in [5.74, 6) is -0.258. The summed E-state index contributed by atoms with van der Waals surface area (Å²) < 4.78 is 1.24. The van der Waals surface area contributed by atoms with Crippen LogP contribution >= 0.6 is 0 Å². The van der Waals surface area contributed by atoms with Crippen molar-refractivity contribution in [2.75, 3.05) is 13.2 Å². The largest absolute Gasteiger partial charge is 0.396 e. The van der Waals surface area contributed by atoms with Gasteiger partial charge in [0.05, 0.1) is 11.5 Å². The zero-order chi connectivity index (χ0) is 15.3. The van der Waals surface area contributed by atoms with Crippen LogP contribution in [0.4, 0.5) is 5.69 Å². The molecule has 1 amide bonds. The van der Waals surface area contributed by atoms with Crippen molar-refractivity contribution in [1.29, 1.82) is 0 Å². The zero-order valence-corrected chi connectivity index (χ0v) is 11.8. The molecule has 0 aromatic carbocycles. The number of aliphatic hydroxyl groups is 1. The Balaban J connectivity index is 1.84. The number of nitrogens with one attached hydrogen (secondary N) is 1. The van der Waals surface area contributed by atoms with Gasteiger partial charge in [-0.25, -0.2) is 0 Å². The third kappa shape index (κ3) is 4.01. The predicted molar refractivity (Wildman–Crippen MR) is 74.5 cm³/mol. The fourth-order valence-electron chi connectivity index (χ4n) is 2.72. The minimum atomic E-state index is -0.551. The molecule has 2 N–H and O–H groups in total. The smallest absolute Gasteiger partial charge is 0.307 e. The number of carbonyl (C=O) groups excluding carboxylic acids is 1. The van der Waals surface area contributed by atoms with Gasteiger partial charge in [-0.1, -0.05) is 19.3 Å². The van der Waals surface area contributed by atoms with E-state index < -0.39 is 4.92 Å². The second kappa shape index (κ2) is 6.66. The highest BCUT2D eigenvalue weighted by Crippen LogP contribution is 2.35. The van der Waals surface area contributed by atoms with Crippen LogP contribution < -0.4 is 5.32 Å². The normalized spacial score (nSPS) is 17.4. The molecule has 0 bridgehead atoms. The molecule has 21 heavy (non-hydrogen) atoms. The minimum Gasteiger partial charge on any atom is -0.396 e. The van der Waals surface area contributed by atoms with E-state index in [-0.39, 0.29) is 30.2 Å². The van der Waals surface area contributed by atoms with E-state index >= 15 is 0 Å². The van der Waals surface area contributed by atoms with Crippen LogP contribution in [-0.2, 0) is 11.3 Å². The highest BCUT2D eigenvalue weighted by Gasteiger charge is 2.31. The number of nitro groups is 1. The number of hydrogen-bond acceptors (Lipinski definition) is 5. The van der Waals surface area contributed by atoms with E-state index in [1.165, 1.54) is 17.3 Å². The van der Waals surface area contributed by atoms with Gasteiger partial charge in [-0.15, -0.1) is 0 Å². The maximum absolute atomic E-state index is 11.9. The molecule has 0 saturated heterocycles. The molecular formula is C13H20N4O4. The Bertz CT molecular complexity index is 508. The fraction of sp³-hybridized carbons (Fsp3) is 0.692. The number of hydrogen-bond donors (Lipinski definition) is 2. The van der Waals surface area contributed by atoms with Crippen molar-refractivity contribution in [3.05, 3.63) is 22.5 Å². The van der Waals surface area contributed by atoms with E-state index in [9.17, 15) is 20.0 Å². The summed E-state index contributed by atoms with van der Waals surface area (Å²) in [5, 5.41) is 26.7. The van der Waals surface area contributed by atoms with Gasteiger partial charge in [0.1, 0.15) is 18.9 Å². The molecule has 0 radical (unpaired) electrons. The third-order valence-electron chi connectivity index (χ3n) is 4.05. The lowest BCUT2D eigenvalue weighted by Gasteiger charge is -2.35. The lowest BCUT2D eigenvalue weighted by atomic mass is 9.74. The molecule has 1 aromatic heterocycles. The Labute approximate surface area is 122 Å². The van der Waals surface area contributed by atoms with Gasteiger partial charge in [-0.2, -0.15) is 5.10 Å². The van der Waals surface area contributed by atoms with E-state index in [4.69, 9.17) is 0 Å². The summed E-state index contributed by atoms with van der Waals surface area (Å²) in [6, 6.07) is 0. The van der Waals surface area contributed by atoms with Crippen molar-refractivity contribution in [3.63, 3.8) is 0 Å². The Morgan fingerprint density at radius 2 is 2.19 bits per heavy atom. The predicted octanol–water partition coefficient (Wildman–Crippen LogP) is 0.850. The molecule has 1 aliphatic rings. The first-order chi connectivity index (χ1) is 10.0. The molecule has 1 aromatic rings. The summed E-state index contributed by atoms with van der Waals surface area (Å²) >= 11 is 0. The molecule has 0 atom stereocenters. The number of rotatable bonds is 6. The van der Waals surface area contributed by atoms with Crippen LogP contribution in [0, 0.1) is 15.5 Å². The van der Waals surface area contributed by atoms with Crippen LogP contribution in [0.3, 0.4) is 0 Å². The van der Waals surface area contributed by atoms with Gasteiger partial charge in [0, 0.05) is 12.0 Å². The second-order valence-electron chi connectivity index (χ2n) is 5.65. The molecule has 0 aliphatic heterocycles. The van der Waals surface area contributed by atoms with Gasteiger partial charge in [-0.3, -0.25) is 19.6 Å². The molecule has 8 nitrogen and oxygen atoms in total. The van der Waals surface area contributed by atoms with Gasteiger partial charge in [0.15, 0.2) is 0 Å². The van der Waals surface area contributed by atoms with E-state index in [2.05, 4.69) is 10.4 Å². The van der Waals surface area contributed by atoms with E-state index in [1.807, 2.05) is 0 Å². The first-order valence-corrected chi connectivity index (χ1v) is 7.09. The van der Waals surface area contributed by atoms with Gasteiger partial charge in [0.25, 0.3) is 0 Å². The fourth-order valence-corrected chi connectivity index (χ4v) is 2.72. The van der Waals surface area contributed by atoms with E-state index in [1.54, 1.807) is 0 Å². The lowest BCUT2D eigenvalue weighted by molar-refractivity contribution is -0.385. The van der Waals surface area contributed by atoms with E-state index in [0.717, 1.165) is 31.9 Å². The molecule has 2 rings (SSSR count). The lowest BCUT2D eigenvalue weighted by Crippen LogP contribution is -2.42. The van der Waals surface area contributed by atoms with Crippen LogP contribution in [0.5, 0.6) is 0 Å². The summed E-state index contributed by atoms with van der Waals surface area (Å²) in [4.78, 5) is 21.9. The highest BCUT2D eigenvalue weighted by molar-refractivity contribution is 5.75.